The van der Waals surface area contributed by atoms with Gasteiger partial charge in [0.1, 0.15) is 0 Å². The largest absolute Gasteiger partial charge is 0.573 e. The summed E-state index contributed by atoms with van der Waals surface area (Å²) in [6, 6.07) is 22.2. The molecule has 156 valence electrons. The van der Waals surface area contributed by atoms with Gasteiger partial charge in [-0.25, -0.2) is 0 Å². The number of nitrogens with zero attached hydrogens (tertiary/aromatic N) is 1. The van der Waals surface area contributed by atoms with Crippen LogP contribution in [-0.4, -0.2) is 17.3 Å². The SMILES string of the molecule is Cc1nc2ccccc2c(-c2ccccc2)c1C(=O)Nc1ccccc1OC(F)(F)F. The van der Waals surface area contributed by atoms with E-state index in [1.165, 1.54) is 18.2 Å². The minimum Gasteiger partial charge on any atom is -0.404 e. The van der Waals surface area contributed by atoms with Gasteiger partial charge in [-0.2, -0.15) is 0 Å². The van der Waals surface area contributed by atoms with E-state index in [9.17, 15) is 18.0 Å². The van der Waals surface area contributed by atoms with E-state index in [2.05, 4.69) is 15.0 Å². The van der Waals surface area contributed by atoms with Gasteiger partial charge in [0, 0.05) is 10.9 Å². The first kappa shape index (κ1) is 20.4. The third-order valence-electron chi connectivity index (χ3n) is 4.72. The van der Waals surface area contributed by atoms with Gasteiger partial charge in [0.25, 0.3) is 5.91 Å². The van der Waals surface area contributed by atoms with E-state index in [-0.39, 0.29) is 11.3 Å². The number of ether oxygens (including phenoxy) is 1. The van der Waals surface area contributed by atoms with Crippen molar-refractivity contribution in [3.8, 4) is 16.9 Å². The van der Waals surface area contributed by atoms with Crippen LogP contribution in [0.5, 0.6) is 5.75 Å². The first-order valence-corrected chi connectivity index (χ1v) is 9.44. The maximum absolute atomic E-state index is 13.3. The fourth-order valence-corrected chi connectivity index (χ4v) is 3.49. The zero-order valence-electron chi connectivity index (χ0n) is 16.4. The molecule has 4 rings (SSSR count). The van der Waals surface area contributed by atoms with Crippen LogP contribution >= 0.6 is 0 Å². The monoisotopic (exact) mass is 422 g/mol. The Morgan fingerprint density at radius 3 is 2.29 bits per heavy atom. The first-order chi connectivity index (χ1) is 14.8. The standard InChI is InChI=1S/C24H17F3N2O2/c1-15-21(23(30)29-19-13-7-8-14-20(19)31-24(25,26)27)22(16-9-3-2-4-10-16)17-11-5-6-12-18(17)28-15/h2-14H,1H3,(H,29,30). The average molecular weight is 422 g/mol. The minimum atomic E-state index is -4.88. The van der Waals surface area contributed by atoms with Gasteiger partial charge in [-0.3, -0.25) is 9.78 Å². The highest BCUT2D eigenvalue weighted by Crippen LogP contribution is 2.35. The molecule has 0 saturated carbocycles. The number of alkyl halides is 3. The van der Waals surface area contributed by atoms with Crippen molar-refractivity contribution in [2.24, 2.45) is 0 Å². The molecule has 1 amide bonds. The molecule has 1 heterocycles. The van der Waals surface area contributed by atoms with Crippen molar-refractivity contribution in [2.75, 3.05) is 5.32 Å². The van der Waals surface area contributed by atoms with E-state index in [1.807, 2.05) is 54.6 Å². The quantitative estimate of drug-likeness (QED) is 0.416. The smallest absolute Gasteiger partial charge is 0.404 e. The van der Waals surface area contributed by atoms with Gasteiger partial charge in [0.05, 0.1) is 22.5 Å². The van der Waals surface area contributed by atoms with E-state index >= 15 is 0 Å². The van der Waals surface area contributed by atoms with Crippen molar-refractivity contribution in [3.05, 3.63) is 90.1 Å². The number of amides is 1. The Labute approximate surface area is 176 Å². The van der Waals surface area contributed by atoms with E-state index in [1.54, 1.807) is 6.92 Å². The van der Waals surface area contributed by atoms with Gasteiger partial charge in [-0.05, 0) is 30.7 Å². The van der Waals surface area contributed by atoms with Crippen LogP contribution in [0.1, 0.15) is 16.1 Å². The van der Waals surface area contributed by atoms with Crippen LogP contribution in [0.25, 0.3) is 22.0 Å². The number of anilines is 1. The molecule has 31 heavy (non-hydrogen) atoms. The van der Waals surface area contributed by atoms with Gasteiger partial charge in [-0.1, -0.05) is 60.7 Å². The van der Waals surface area contributed by atoms with Gasteiger partial charge >= 0.3 is 6.36 Å². The van der Waals surface area contributed by atoms with Crippen molar-refractivity contribution >= 4 is 22.5 Å². The number of carbonyl (C=O) groups is 1. The molecule has 7 heteroatoms. The molecule has 0 aliphatic rings. The molecule has 0 aliphatic heterocycles. The average Bonchev–Trinajstić information content (AvgIpc) is 2.73. The molecule has 0 unspecified atom stereocenters. The Hall–Kier alpha value is -3.87. The normalized spacial score (nSPS) is 11.4. The highest BCUT2D eigenvalue weighted by atomic mass is 19.4. The molecule has 0 spiro atoms. The lowest BCUT2D eigenvalue weighted by Crippen LogP contribution is -2.20. The van der Waals surface area contributed by atoms with Gasteiger partial charge < -0.3 is 10.1 Å². The number of nitrogens with one attached hydrogen (secondary N) is 1. The lowest BCUT2D eigenvalue weighted by Gasteiger charge is -2.17. The number of aromatic nitrogens is 1. The predicted octanol–water partition coefficient (Wildman–Crippen LogP) is 6.36. The molecule has 4 nitrogen and oxygen atoms in total. The summed E-state index contributed by atoms with van der Waals surface area (Å²) in [5.74, 6) is -1.07. The molecular formula is C24H17F3N2O2. The molecule has 0 atom stereocenters. The predicted molar refractivity (Wildman–Crippen MR) is 113 cm³/mol. The summed E-state index contributed by atoms with van der Waals surface area (Å²) in [5.41, 5.74) is 2.84. The van der Waals surface area contributed by atoms with Crippen LogP contribution in [-0.2, 0) is 0 Å². The Balaban J connectivity index is 1.84. The second-order valence-electron chi connectivity index (χ2n) is 6.83. The lowest BCUT2D eigenvalue weighted by molar-refractivity contribution is -0.274. The van der Waals surface area contributed by atoms with Crippen molar-refractivity contribution in [2.45, 2.75) is 13.3 Å². The van der Waals surface area contributed by atoms with Crippen LogP contribution in [0.15, 0.2) is 78.9 Å². The lowest BCUT2D eigenvalue weighted by atomic mass is 9.94. The second-order valence-corrected chi connectivity index (χ2v) is 6.83. The first-order valence-electron chi connectivity index (χ1n) is 9.44. The number of fused-ring (bicyclic) bond motifs is 1. The number of rotatable bonds is 4. The maximum atomic E-state index is 13.3. The van der Waals surface area contributed by atoms with Crippen molar-refractivity contribution in [1.82, 2.24) is 4.98 Å². The molecule has 0 saturated heterocycles. The number of para-hydroxylation sites is 3. The van der Waals surface area contributed by atoms with Gasteiger partial charge in [0.2, 0.25) is 0 Å². The third kappa shape index (κ3) is 4.35. The van der Waals surface area contributed by atoms with Gasteiger partial charge in [0.15, 0.2) is 5.75 Å². The van der Waals surface area contributed by atoms with Gasteiger partial charge in [-0.15, -0.1) is 13.2 Å². The number of halogens is 3. The highest BCUT2D eigenvalue weighted by molar-refractivity contribution is 6.14. The van der Waals surface area contributed by atoms with Crippen LogP contribution < -0.4 is 10.1 Å². The van der Waals surface area contributed by atoms with E-state index < -0.39 is 18.0 Å². The van der Waals surface area contributed by atoms with Crippen molar-refractivity contribution in [3.63, 3.8) is 0 Å². The summed E-state index contributed by atoms with van der Waals surface area (Å²) >= 11 is 0. The van der Waals surface area contributed by atoms with Crippen LogP contribution in [0.2, 0.25) is 0 Å². The molecule has 0 radical (unpaired) electrons. The fraction of sp³-hybridized carbons (Fsp3) is 0.0833. The molecule has 1 aromatic heterocycles. The van der Waals surface area contributed by atoms with E-state index in [4.69, 9.17) is 0 Å². The Bertz CT molecular complexity index is 1250. The molecule has 3 aromatic carbocycles. The zero-order valence-corrected chi connectivity index (χ0v) is 16.4. The molecular weight excluding hydrogens is 405 g/mol. The highest BCUT2D eigenvalue weighted by Gasteiger charge is 2.32. The zero-order chi connectivity index (χ0) is 22.0. The molecule has 4 aromatic rings. The molecule has 0 fully saturated rings. The molecule has 0 aliphatic carbocycles. The summed E-state index contributed by atoms with van der Waals surface area (Å²) in [7, 11) is 0. The summed E-state index contributed by atoms with van der Waals surface area (Å²) in [5, 5.41) is 3.33. The van der Waals surface area contributed by atoms with Crippen LogP contribution in [0.4, 0.5) is 18.9 Å². The molecule has 1 N–H and O–H groups in total. The second kappa shape index (κ2) is 8.10. The molecule has 0 bridgehead atoms. The minimum absolute atomic E-state index is 0.0867. The number of pyridine rings is 1. The van der Waals surface area contributed by atoms with Crippen molar-refractivity contribution in [1.29, 1.82) is 0 Å². The third-order valence-corrected chi connectivity index (χ3v) is 4.72. The summed E-state index contributed by atoms with van der Waals surface area (Å²) < 4.78 is 42.3. The Kier molecular flexibility index (Phi) is 5.33. The summed E-state index contributed by atoms with van der Waals surface area (Å²) in [4.78, 5) is 17.8. The number of aryl methyl sites for hydroxylation is 1. The topological polar surface area (TPSA) is 51.2 Å². The van der Waals surface area contributed by atoms with Crippen molar-refractivity contribution < 1.29 is 22.7 Å². The summed E-state index contributed by atoms with van der Waals surface area (Å²) in [6.07, 6.45) is -4.88. The van der Waals surface area contributed by atoms with Crippen LogP contribution in [0, 0.1) is 6.92 Å². The fourth-order valence-electron chi connectivity index (χ4n) is 3.49. The van der Waals surface area contributed by atoms with E-state index in [0.717, 1.165) is 22.5 Å². The maximum Gasteiger partial charge on any atom is 0.573 e. The number of hydrogen-bond donors (Lipinski definition) is 1. The Morgan fingerprint density at radius 1 is 0.903 bits per heavy atom. The van der Waals surface area contributed by atoms with E-state index in [0.29, 0.717) is 11.3 Å². The number of benzene rings is 3. The summed E-state index contributed by atoms with van der Waals surface area (Å²) in [6.45, 7) is 1.70. The Morgan fingerprint density at radius 2 is 1.55 bits per heavy atom. The number of carbonyl (C=O) groups excluding carboxylic acids is 1. The number of hydrogen-bond acceptors (Lipinski definition) is 3. The van der Waals surface area contributed by atoms with Crippen LogP contribution in [0.3, 0.4) is 0 Å².